The largest absolute Gasteiger partial charge is 0.479 e. The Bertz CT molecular complexity index is 381. The summed E-state index contributed by atoms with van der Waals surface area (Å²) in [5.74, 6) is -0.412. The van der Waals surface area contributed by atoms with E-state index in [4.69, 9.17) is 15.6 Å². The van der Waals surface area contributed by atoms with Gasteiger partial charge in [-0.2, -0.15) is 0 Å². The summed E-state index contributed by atoms with van der Waals surface area (Å²) in [6.07, 6.45) is -0.209. The van der Waals surface area contributed by atoms with Crippen LogP contribution < -0.4 is 10.5 Å². The predicted octanol–water partition coefficient (Wildman–Crippen LogP) is 1.80. The summed E-state index contributed by atoms with van der Waals surface area (Å²) in [7, 11) is 0. The van der Waals surface area contributed by atoms with Crippen molar-refractivity contribution in [3.8, 4) is 5.75 Å². The van der Waals surface area contributed by atoms with Crippen LogP contribution in [0.25, 0.3) is 0 Å². The summed E-state index contributed by atoms with van der Waals surface area (Å²) in [6.45, 7) is 1.99. The lowest BCUT2D eigenvalue weighted by atomic mass is 10.1. The average Bonchev–Trinajstić information content (AvgIpc) is 2.22. The van der Waals surface area contributed by atoms with Gasteiger partial charge in [0.15, 0.2) is 6.10 Å². The van der Waals surface area contributed by atoms with Crippen LogP contribution in [0.1, 0.15) is 12.5 Å². The van der Waals surface area contributed by atoms with Crippen molar-refractivity contribution in [2.75, 3.05) is 6.54 Å². The van der Waals surface area contributed by atoms with Crippen molar-refractivity contribution >= 4 is 21.9 Å². The number of hydrogen-bond acceptors (Lipinski definition) is 3. The molecule has 1 aromatic carbocycles. The molecular formula is C11H14BrNO3. The molecule has 0 fully saturated rings. The van der Waals surface area contributed by atoms with Crippen molar-refractivity contribution < 1.29 is 14.6 Å². The molecule has 0 heterocycles. The standard InChI is InChI=1S/C11H14BrNO3/c1-7(11(14)15)16-10-3-2-9(12)6-8(10)4-5-13/h2-3,6-7H,4-5,13H2,1H3,(H,14,15). The van der Waals surface area contributed by atoms with Crippen molar-refractivity contribution in [1.82, 2.24) is 0 Å². The quantitative estimate of drug-likeness (QED) is 0.866. The molecule has 0 aromatic heterocycles. The molecule has 1 atom stereocenters. The summed E-state index contributed by atoms with van der Waals surface area (Å²) in [5.41, 5.74) is 6.39. The molecule has 0 aliphatic heterocycles. The fraction of sp³-hybridized carbons (Fsp3) is 0.364. The molecule has 0 aliphatic carbocycles. The van der Waals surface area contributed by atoms with Crippen LogP contribution in [0.4, 0.5) is 0 Å². The topological polar surface area (TPSA) is 72.5 Å². The minimum atomic E-state index is -0.985. The normalized spacial score (nSPS) is 12.2. The number of halogens is 1. The first-order valence-corrected chi connectivity index (χ1v) is 5.72. The molecule has 5 heteroatoms. The van der Waals surface area contributed by atoms with E-state index in [1.807, 2.05) is 12.1 Å². The maximum atomic E-state index is 10.7. The van der Waals surface area contributed by atoms with Crippen molar-refractivity contribution in [1.29, 1.82) is 0 Å². The lowest BCUT2D eigenvalue weighted by Gasteiger charge is -2.14. The molecule has 1 aromatic rings. The van der Waals surface area contributed by atoms with Crippen LogP contribution in [-0.4, -0.2) is 23.7 Å². The molecule has 4 nitrogen and oxygen atoms in total. The number of rotatable bonds is 5. The van der Waals surface area contributed by atoms with E-state index in [0.29, 0.717) is 18.7 Å². The highest BCUT2D eigenvalue weighted by Gasteiger charge is 2.14. The average molecular weight is 288 g/mol. The van der Waals surface area contributed by atoms with Crippen LogP contribution in [-0.2, 0) is 11.2 Å². The zero-order valence-corrected chi connectivity index (χ0v) is 10.5. The van der Waals surface area contributed by atoms with Crippen molar-refractivity contribution in [3.05, 3.63) is 28.2 Å². The smallest absolute Gasteiger partial charge is 0.344 e. The first kappa shape index (κ1) is 13.0. The van der Waals surface area contributed by atoms with Gasteiger partial charge in [-0.1, -0.05) is 15.9 Å². The molecule has 0 spiro atoms. The molecule has 0 radical (unpaired) electrons. The van der Waals surface area contributed by atoms with Crippen molar-refractivity contribution in [2.45, 2.75) is 19.4 Å². The van der Waals surface area contributed by atoms with Gasteiger partial charge in [0.2, 0.25) is 0 Å². The second-order valence-electron chi connectivity index (χ2n) is 3.39. The van der Waals surface area contributed by atoms with Crippen LogP contribution in [0.3, 0.4) is 0 Å². The molecule has 88 valence electrons. The van der Waals surface area contributed by atoms with Gasteiger partial charge in [0.05, 0.1) is 0 Å². The van der Waals surface area contributed by atoms with Gasteiger partial charge < -0.3 is 15.6 Å². The number of aliphatic carboxylic acids is 1. The van der Waals surface area contributed by atoms with Gasteiger partial charge in [0, 0.05) is 4.47 Å². The number of ether oxygens (including phenoxy) is 1. The Morgan fingerprint density at radius 1 is 1.62 bits per heavy atom. The molecule has 0 saturated carbocycles. The molecular weight excluding hydrogens is 274 g/mol. The zero-order chi connectivity index (χ0) is 12.1. The molecule has 16 heavy (non-hydrogen) atoms. The van der Waals surface area contributed by atoms with Crippen LogP contribution >= 0.6 is 15.9 Å². The Labute approximate surface area is 103 Å². The number of benzene rings is 1. The Kier molecular flexibility index (Phi) is 4.76. The second-order valence-corrected chi connectivity index (χ2v) is 4.30. The Balaban J connectivity index is 2.89. The molecule has 0 amide bonds. The van der Waals surface area contributed by atoms with Crippen molar-refractivity contribution in [3.63, 3.8) is 0 Å². The SMILES string of the molecule is CC(Oc1ccc(Br)cc1CCN)C(=O)O. The number of nitrogens with two attached hydrogens (primary N) is 1. The molecule has 1 unspecified atom stereocenters. The van der Waals surface area contributed by atoms with E-state index in [0.717, 1.165) is 10.0 Å². The molecule has 3 N–H and O–H groups in total. The first-order chi connectivity index (χ1) is 7.54. The third kappa shape index (κ3) is 3.50. The third-order valence-electron chi connectivity index (χ3n) is 2.09. The van der Waals surface area contributed by atoms with Crippen LogP contribution in [0.15, 0.2) is 22.7 Å². The predicted molar refractivity (Wildman–Crippen MR) is 64.6 cm³/mol. The minimum absolute atomic E-state index is 0.494. The maximum Gasteiger partial charge on any atom is 0.344 e. The number of carboxylic acid groups (broad SMARTS) is 1. The van der Waals surface area contributed by atoms with E-state index in [9.17, 15) is 4.79 Å². The molecule has 1 rings (SSSR count). The summed E-state index contributed by atoms with van der Waals surface area (Å²) in [4.78, 5) is 10.7. The highest BCUT2D eigenvalue weighted by Crippen LogP contribution is 2.24. The molecule has 0 bridgehead atoms. The Hall–Kier alpha value is -1.07. The van der Waals surface area contributed by atoms with Crippen LogP contribution in [0.5, 0.6) is 5.75 Å². The van der Waals surface area contributed by atoms with E-state index in [-0.39, 0.29) is 0 Å². The summed E-state index contributed by atoms with van der Waals surface area (Å²) in [5, 5.41) is 8.76. The van der Waals surface area contributed by atoms with E-state index >= 15 is 0 Å². The van der Waals surface area contributed by atoms with E-state index in [1.54, 1.807) is 6.07 Å². The van der Waals surface area contributed by atoms with Gasteiger partial charge in [0.25, 0.3) is 0 Å². The van der Waals surface area contributed by atoms with E-state index in [1.165, 1.54) is 6.92 Å². The lowest BCUT2D eigenvalue weighted by Crippen LogP contribution is -2.23. The second kappa shape index (κ2) is 5.86. The minimum Gasteiger partial charge on any atom is -0.479 e. The zero-order valence-electron chi connectivity index (χ0n) is 8.94. The molecule has 0 aliphatic rings. The highest BCUT2D eigenvalue weighted by atomic mass is 79.9. The Morgan fingerprint density at radius 3 is 2.88 bits per heavy atom. The number of hydrogen-bond donors (Lipinski definition) is 2. The molecule has 0 saturated heterocycles. The summed E-state index contributed by atoms with van der Waals surface area (Å²) >= 11 is 3.35. The van der Waals surface area contributed by atoms with Gasteiger partial charge in [0.1, 0.15) is 5.75 Å². The van der Waals surface area contributed by atoms with E-state index < -0.39 is 12.1 Å². The fourth-order valence-corrected chi connectivity index (χ4v) is 1.66. The third-order valence-corrected chi connectivity index (χ3v) is 2.58. The van der Waals surface area contributed by atoms with Crippen molar-refractivity contribution in [2.24, 2.45) is 5.73 Å². The van der Waals surface area contributed by atoms with E-state index in [2.05, 4.69) is 15.9 Å². The fourth-order valence-electron chi connectivity index (χ4n) is 1.25. The van der Waals surface area contributed by atoms with Gasteiger partial charge >= 0.3 is 5.97 Å². The van der Waals surface area contributed by atoms with Gasteiger partial charge in [-0.25, -0.2) is 4.79 Å². The van der Waals surface area contributed by atoms with Crippen LogP contribution in [0, 0.1) is 0 Å². The summed E-state index contributed by atoms with van der Waals surface area (Å²) < 4.78 is 6.26. The van der Waals surface area contributed by atoms with Gasteiger partial charge in [-0.15, -0.1) is 0 Å². The summed E-state index contributed by atoms with van der Waals surface area (Å²) in [6, 6.07) is 5.44. The Morgan fingerprint density at radius 2 is 2.31 bits per heavy atom. The monoisotopic (exact) mass is 287 g/mol. The lowest BCUT2D eigenvalue weighted by molar-refractivity contribution is -0.144. The van der Waals surface area contributed by atoms with Gasteiger partial charge in [-0.05, 0) is 43.7 Å². The number of carbonyl (C=O) groups is 1. The maximum absolute atomic E-state index is 10.7. The number of carboxylic acids is 1. The highest BCUT2D eigenvalue weighted by molar-refractivity contribution is 9.10. The van der Waals surface area contributed by atoms with Gasteiger partial charge in [-0.3, -0.25) is 0 Å². The van der Waals surface area contributed by atoms with Crippen LogP contribution in [0.2, 0.25) is 0 Å². The first-order valence-electron chi connectivity index (χ1n) is 4.92.